The molecule has 0 aromatic heterocycles. The van der Waals surface area contributed by atoms with E-state index in [1.165, 1.54) is 4.31 Å². The van der Waals surface area contributed by atoms with Crippen LogP contribution in [0.3, 0.4) is 0 Å². The normalized spacial score (nSPS) is 12.3. The van der Waals surface area contributed by atoms with Crippen LogP contribution in [0.25, 0.3) is 0 Å². The molecule has 0 saturated carbocycles. The summed E-state index contributed by atoms with van der Waals surface area (Å²) in [5, 5.41) is 0. The van der Waals surface area contributed by atoms with Crippen LogP contribution in [0.4, 0.5) is 0 Å². The van der Waals surface area contributed by atoms with E-state index in [-0.39, 0.29) is 5.75 Å². The summed E-state index contributed by atoms with van der Waals surface area (Å²) in [4.78, 5) is 0. The molecule has 0 bridgehead atoms. The minimum atomic E-state index is -3.04. The molecule has 92 valence electrons. The monoisotopic (exact) mass is 236 g/mol. The van der Waals surface area contributed by atoms with Crippen molar-refractivity contribution in [2.75, 3.05) is 25.9 Å². The summed E-state index contributed by atoms with van der Waals surface area (Å²) in [7, 11) is -1.38. The van der Waals surface area contributed by atoms with Crippen LogP contribution in [0.15, 0.2) is 0 Å². The van der Waals surface area contributed by atoms with Crippen molar-refractivity contribution in [2.24, 2.45) is 5.73 Å². The summed E-state index contributed by atoms with van der Waals surface area (Å²) in [6, 6.07) is 0. The van der Waals surface area contributed by atoms with Gasteiger partial charge in [-0.15, -0.1) is 0 Å². The third-order valence-corrected chi connectivity index (χ3v) is 4.34. The van der Waals surface area contributed by atoms with E-state index in [9.17, 15) is 8.42 Å². The zero-order valence-corrected chi connectivity index (χ0v) is 10.7. The second-order valence-electron chi connectivity index (χ2n) is 3.84. The maximum Gasteiger partial charge on any atom is 0.213 e. The number of rotatable bonds is 9. The molecule has 0 aliphatic carbocycles. The Kier molecular flexibility index (Phi) is 8.00. The van der Waals surface area contributed by atoms with Gasteiger partial charge in [-0.1, -0.05) is 19.8 Å². The fourth-order valence-electron chi connectivity index (χ4n) is 1.31. The van der Waals surface area contributed by atoms with Crippen molar-refractivity contribution < 1.29 is 8.42 Å². The summed E-state index contributed by atoms with van der Waals surface area (Å²) in [5.41, 5.74) is 5.32. The van der Waals surface area contributed by atoms with Gasteiger partial charge in [0, 0.05) is 13.6 Å². The molecule has 0 aliphatic rings. The predicted molar refractivity (Wildman–Crippen MR) is 64.2 cm³/mol. The van der Waals surface area contributed by atoms with Gasteiger partial charge in [0.2, 0.25) is 10.0 Å². The Morgan fingerprint density at radius 1 is 1.13 bits per heavy atom. The van der Waals surface area contributed by atoms with E-state index in [2.05, 4.69) is 6.92 Å². The molecule has 4 nitrogen and oxygen atoms in total. The Labute approximate surface area is 93.9 Å². The highest BCUT2D eigenvalue weighted by molar-refractivity contribution is 7.89. The van der Waals surface area contributed by atoms with Gasteiger partial charge in [0.05, 0.1) is 5.75 Å². The third kappa shape index (κ3) is 6.87. The molecular formula is C10H24N2O2S. The van der Waals surface area contributed by atoms with Gasteiger partial charge in [-0.3, -0.25) is 0 Å². The molecule has 0 heterocycles. The van der Waals surface area contributed by atoms with Crippen molar-refractivity contribution >= 4 is 10.0 Å². The quantitative estimate of drug-likeness (QED) is 0.611. The second-order valence-corrected chi connectivity index (χ2v) is 6.04. The molecule has 2 N–H and O–H groups in total. The minimum Gasteiger partial charge on any atom is -0.330 e. The Hall–Kier alpha value is -0.130. The average Bonchev–Trinajstić information content (AvgIpc) is 2.18. The van der Waals surface area contributed by atoms with Crippen LogP contribution in [0, 0.1) is 0 Å². The van der Waals surface area contributed by atoms with E-state index in [0.717, 1.165) is 25.7 Å². The van der Waals surface area contributed by atoms with Crippen molar-refractivity contribution in [3.05, 3.63) is 0 Å². The lowest BCUT2D eigenvalue weighted by Gasteiger charge is -2.16. The van der Waals surface area contributed by atoms with E-state index in [0.29, 0.717) is 19.5 Å². The molecule has 0 unspecified atom stereocenters. The van der Waals surface area contributed by atoms with Crippen molar-refractivity contribution in [3.8, 4) is 0 Å². The SMILES string of the molecule is CCCCCN(C)S(=O)(=O)CCCCN. The molecule has 0 radical (unpaired) electrons. The van der Waals surface area contributed by atoms with Gasteiger partial charge in [0.25, 0.3) is 0 Å². The summed E-state index contributed by atoms with van der Waals surface area (Å²) < 4.78 is 24.8. The molecule has 0 saturated heterocycles. The van der Waals surface area contributed by atoms with Gasteiger partial charge in [0.15, 0.2) is 0 Å². The van der Waals surface area contributed by atoms with Crippen LogP contribution in [-0.2, 0) is 10.0 Å². The molecule has 0 aromatic rings. The van der Waals surface area contributed by atoms with Crippen LogP contribution in [-0.4, -0.2) is 38.6 Å². The fraction of sp³-hybridized carbons (Fsp3) is 1.00. The van der Waals surface area contributed by atoms with E-state index in [1.54, 1.807) is 7.05 Å². The van der Waals surface area contributed by atoms with Crippen LogP contribution >= 0.6 is 0 Å². The first kappa shape index (κ1) is 14.9. The Morgan fingerprint density at radius 3 is 2.33 bits per heavy atom. The first-order valence-corrected chi connectivity index (χ1v) is 7.29. The lowest BCUT2D eigenvalue weighted by atomic mass is 10.2. The Balaban J connectivity index is 3.86. The molecule has 0 aromatic carbocycles. The highest BCUT2D eigenvalue weighted by Crippen LogP contribution is 2.05. The molecule has 0 atom stereocenters. The minimum absolute atomic E-state index is 0.229. The maximum atomic E-state index is 11.7. The van der Waals surface area contributed by atoms with E-state index < -0.39 is 10.0 Å². The molecule has 0 amide bonds. The van der Waals surface area contributed by atoms with Crippen molar-refractivity contribution in [3.63, 3.8) is 0 Å². The van der Waals surface area contributed by atoms with Gasteiger partial charge >= 0.3 is 0 Å². The third-order valence-electron chi connectivity index (χ3n) is 2.41. The first-order chi connectivity index (χ1) is 7.04. The summed E-state index contributed by atoms with van der Waals surface area (Å²) in [5.74, 6) is 0.229. The van der Waals surface area contributed by atoms with Crippen molar-refractivity contribution in [1.82, 2.24) is 4.31 Å². The van der Waals surface area contributed by atoms with Gasteiger partial charge in [-0.25, -0.2) is 12.7 Å². The smallest absolute Gasteiger partial charge is 0.213 e. The summed E-state index contributed by atoms with van der Waals surface area (Å²) in [6.45, 7) is 3.31. The number of hydrogen-bond acceptors (Lipinski definition) is 3. The summed E-state index contributed by atoms with van der Waals surface area (Å²) in [6.07, 6.45) is 4.59. The van der Waals surface area contributed by atoms with E-state index >= 15 is 0 Å². The number of sulfonamides is 1. The standard InChI is InChI=1S/C10H24N2O2S/c1-3-4-6-9-12(2)15(13,14)10-7-5-8-11/h3-11H2,1-2H3. The number of unbranched alkanes of at least 4 members (excludes halogenated alkanes) is 3. The van der Waals surface area contributed by atoms with Crippen LogP contribution in [0.1, 0.15) is 39.0 Å². The molecule has 0 rings (SSSR count). The average molecular weight is 236 g/mol. The van der Waals surface area contributed by atoms with E-state index in [4.69, 9.17) is 5.73 Å². The topological polar surface area (TPSA) is 63.4 Å². The molecule has 15 heavy (non-hydrogen) atoms. The molecular weight excluding hydrogens is 212 g/mol. The molecule has 0 fully saturated rings. The molecule has 5 heteroatoms. The highest BCUT2D eigenvalue weighted by Gasteiger charge is 2.16. The van der Waals surface area contributed by atoms with Crippen molar-refractivity contribution in [1.29, 1.82) is 0 Å². The van der Waals surface area contributed by atoms with Crippen LogP contribution in [0.2, 0.25) is 0 Å². The number of nitrogens with zero attached hydrogens (tertiary/aromatic N) is 1. The zero-order valence-electron chi connectivity index (χ0n) is 9.91. The first-order valence-electron chi connectivity index (χ1n) is 5.68. The fourth-order valence-corrected chi connectivity index (χ4v) is 2.60. The van der Waals surface area contributed by atoms with E-state index in [1.807, 2.05) is 0 Å². The van der Waals surface area contributed by atoms with Crippen LogP contribution < -0.4 is 5.73 Å². The Morgan fingerprint density at radius 2 is 1.80 bits per heavy atom. The lowest BCUT2D eigenvalue weighted by Crippen LogP contribution is -2.30. The molecule has 0 aliphatic heterocycles. The largest absolute Gasteiger partial charge is 0.330 e. The molecule has 0 spiro atoms. The van der Waals surface area contributed by atoms with Gasteiger partial charge in [0.1, 0.15) is 0 Å². The van der Waals surface area contributed by atoms with Crippen LogP contribution in [0.5, 0.6) is 0 Å². The summed E-state index contributed by atoms with van der Waals surface area (Å²) >= 11 is 0. The number of nitrogens with two attached hydrogens (primary N) is 1. The second kappa shape index (κ2) is 8.07. The maximum absolute atomic E-state index is 11.7. The number of hydrogen-bond donors (Lipinski definition) is 1. The Bertz CT molecular complexity index is 240. The van der Waals surface area contributed by atoms with Gasteiger partial charge < -0.3 is 5.73 Å². The van der Waals surface area contributed by atoms with Gasteiger partial charge in [-0.2, -0.15) is 0 Å². The highest BCUT2D eigenvalue weighted by atomic mass is 32.2. The zero-order chi connectivity index (χ0) is 11.7. The van der Waals surface area contributed by atoms with Gasteiger partial charge in [-0.05, 0) is 25.8 Å². The lowest BCUT2D eigenvalue weighted by molar-refractivity contribution is 0.452. The van der Waals surface area contributed by atoms with Crippen molar-refractivity contribution in [2.45, 2.75) is 39.0 Å². The predicted octanol–water partition coefficient (Wildman–Crippen LogP) is 1.18.